The highest BCUT2D eigenvalue weighted by molar-refractivity contribution is 6.46. The molecular formula is C25H27NO7. The lowest BCUT2D eigenvalue weighted by atomic mass is 9.94. The average molecular weight is 453 g/mol. The van der Waals surface area contributed by atoms with Gasteiger partial charge in [0.15, 0.2) is 11.5 Å². The van der Waals surface area contributed by atoms with Crippen molar-refractivity contribution < 1.29 is 33.6 Å². The molecule has 2 aliphatic rings. The molecule has 8 nitrogen and oxygen atoms in total. The molecule has 1 saturated heterocycles. The number of amides is 1. The van der Waals surface area contributed by atoms with Crippen LogP contribution in [0.3, 0.4) is 0 Å². The quantitative estimate of drug-likeness (QED) is 0.284. The predicted octanol–water partition coefficient (Wildman–Crippen LogP) is 3.31. The molecule has 0 spiro atoms. The van der Waals surface area contributed by atoms with Crippen LogP contribution in [0, 0.1) is 0 Å². The molecule has 2 aromatic carbocycles. The molecule has 1 N–H and O–H groups in total. The summed E-state index contributed by atoms with van der Waals surface area (Å²) in [6.07, 6.45) is 0.543. The monoisotopic (exact) mass is 453 g/mol. The van der Waals surface area contributed by atoms with Crippen LogP contribution in [0.5, 0.6) is 17.2 Å². The topological polar surface area (TPSA) is 94.5 Å². The molecule has 0 radical (unpaired) electrons. The first-order chi connectivity index (χ1) is 16.1. The lowest BCUT2D eigenvalue weighted by Gasteiger charge is -2.27. The fourth-order valence-corrected chi connectivity index (χ4v) is 4.15. The molecule has 8 heteroatoms. The molecule has 174 valence electrons. The molecule has 1 unspecified atom stereocenters. The molecule has 0 aromatic heterocycles. The van der Waals surface area contributed by atoms with Crippen LogP contribution in [-0.2, 0) is 14.3 Å². The third-order valence-electron chi connectivity index (χ3n) is 5.62. The highest BCUT2D eigenvalue weighted by atomic mass is 16.6. The van der Waals surface area contributed by atoms with E-state index in [-0.39, 0.29) is 11.3 Å². The van der Waals surface area contributed by atoms with Crippen molar-refractivity contribution in [1.29, 1.82) is 0 Å². The van der Waals surface area contributed by atoms with Gasteiger partial charge in [0.05, 0.1) is 18.2 Å². The van der Waals surface area contributed by atoms with E-state index < -0.39 is 17.7 Å². The Morgan fingerprint density at radius 2 is 1.88 bits per heavy atom. The first-order valence-electron chi connectivity index (χ1n) is 11.0. The highest BCUT2D eigenvalue weighted by Gasteiger charge is 2.46. The molecule has 1 atom stereocenters. The molecule has 1 amide bonds. The Morgan fingerprint density at radius 3 is 2.64 bits per heavy atom. The molecular weight excluding hydrogens is 426 g/mol. The third-order valence-corrected chi connectivity index (χ3v) is 5.62. The zero-order valence-electron chi connectivity index (χ0n) is 18.7. The lowest BCUT2D eigenvalue weighted by Crippen LogP contribution is -2.31. The summed E-state index contributed by atoms with van der Waals surface area (Å²) in [5, 5.41) is 11.3. The van der Waals surface area contributed by atoms with E-state index in [0.717, 1.165) is 0 Å². The van der Waals surface area contributed by atoms with Crippen LogP contribution < -0.4 is 14.2 Å². The van der Waals surface area contributed by atoms with E-state index in [1.54, 1.807) is 31.4 Å². The van der Waals surface area contributed by atoms with Gasteiger partial charge in [-0.3, -0.25) is 9.59 Å². The number of carbonyl (C=O) groups is 2. The lowest BCUT2D eigenvalue weighted by molar-refractivity contribution is -0.140. The number of likely N-dealkylation sites (tertiary alicyclic amines) is 1. The van der Waals surface area contributed by atoms with Crippen molar-refractivity contribution in [2.24, 2.45) is 0 Å². The summed E-state index contributed by atoms with van der Waals surface area (Å²) in [5.74, 6) is -0.0767. The second-order valence-electron chi connectivity index (χ2n) is 7.67. The van der Waals surface area contributed by atoms with Gasteiger partial charge in [0, 0.05) is 31.4 Å². The summed E-state index contributed by atoms with van der Waals surface area (Å²) in [4.78, 5) is 27.7. The summed E-state index contributed by atoms with van der Waals surface area (Å²) in [7, 11) is 1.58. The van der Waals surface area contributed by atoms with Crippen molar-refractivity contribution in [2.45, 2.75) is 19.4 Å². The standard InChI is InChI=1S/C25H27NO7/c1-3-31-18-8-5-4-7-17(18)22-21(24(28)25(29)26(22)11-6-12-30-2)23(27)16-9-10-19-20(15-16)33-14-13-32-19/h4-5,7-10,15,22,27H,3,6,11-14H2,1-2H3. The Balaban J connectivity index is 1.84. The van der Waals surface area contributed by atoms with Gasteiger partial charge in [-0.2, -0.15) is 0 Å². The Labute approximate surface area is 192 Å². The van der Waals surface area contributed by atoms with Crippen LogP contribution >= 0.6 is 0 Å². The average Bonchev–Trinajstić information content (AvgIpc) is 3.09. The first kappa shape index (κ1) is 22.7. The maximum Gasteiger partial charge on any atom is 0.295 e. The molecule has 1 fully saturated rings. The number of hydrogen-bond acceptors (Lipinski definition) is 7. The number of carbonyl (C=O) groups excluding carboxylic acids is 2. The summed E-state index contributed by atoms with van der Waals surface area (Å²) < 4.78 is 22.1. The van der Waals surface area contributed by atoms with Gasteiger partial charge in [-0.1, -0.05) is 18.2 Å². The zero-order chi connectivity index (χ0) is 23.4. The van der Waals surface area contributed by atoms with Crippen LogP contribution in [-0.4, -0.2) is 61.8 Å². The molecule has 33 heavy (non-hydrogen) atoms. The minimum atomic E-state index is -0.794. The number of fused-ring (bicyclic) bond motifs is 1. The SMILES string of the molecule is CCOc1ccccc1C1C(=C(O)c2ccc3c(c2)OCCO3)C(=O)C(=O)N1CCCOC. The van der Waals surface area contributed by atoms with Crippen molar-refractivity contribution in [2.75, 3.05) is 40.1 Å². The fraction of sp³-hybridized carbons (Fsp3) is 0.360. The van der Waals surface area contributed by atoms with E-state index in [0.29, 0.717) is 67.8 Å². The van der Waals surface area contributed by atoms with Crippen LogP contribution in [0.2, 0.25) is 0 Å². The smallest absolute Gasteiger partial charge is 0.295 e. The van der Waals surface area contributed by atoms with Crippen molar-refractivity contribution in [3.63, 3.8) is 0 Å². The normalized spacial score (nSPS) is 19.1. The van der Waals surface area contributed by atoms with E-state index >= 15 is 0 Å². The number of ether oxygens (including phenoxy) is 4. The second-order valence-corrected chi connectivity index (χ2v) is 7.67. The Bertz CT molecular complexity index is 1080. The minimum absolute atomic E-state index is 0.0150. The van der Waals surface area contributed by atoms with Crippen molar-refractivity contribution in [1.82, 2.24) is 4.90 Å². The van der Waals surface area contributed by atoms with Gasteiger partial charge in [0.2, 0.25) is 0 Å². The van der Waals surface area contributed by atoms with Crippen molar-refractivity contribution in [3.8, 4) is 17.2 Å². The number of rotatable bonds is 8. The zero-order valence-corrected chi connectivity index (χ0v) is 18.7. The van der Waals surface area contributed by atoms with Gasteiger partial charge in [-0.05, 0) is 37.6 Å². The number of Topliss-reactive ketones (excluding diaryl/α,β-unsaturated/α-hetero) is 1. The van der Waals surface area contributed by atoms with Crippen molar-refractivity contribution >= 4 is 17.4 Å². The minimum Gasteiger partial charge on any atom is -0.507 e. The highest BCUT2D eigenvalue weighted by Crippen LogP contribution is 2.43. The Kier molecular flexibility index (Phi) is 6.84. The number of ketones is 1. The molecule has 2 aliphatic heterocycles. The van der Waals surface area contributed by atoms with Gasteiger partial charge >= 0.3 is 0 Å². The van der Waals surface area contributed by atoms with E-state index in [4.69, 9.17) is 18.9 Å². The largest absolute Gasteiger partial charge is 0.507 e. The van der Waals surface area contributed by atoms with Crippen LogP contribution in [0.1, 0.15) is 30.5 Å². The van der Waals surface area contributed by atoms with Gasteiger partial charge in [0.1, 0.15) is 24.7 Å². The van der Waals surface area contributed by atoms with Crippen LogP contribution in [0.25, 0.3) is 5.76 Å². The van der Waals surface area contributed by atoms with Gasteiger partial charge in [-0.15, -0.1) is 0 Å². The van der Waals surface area contributed by atoms with Gasteiger partial charge in [-0.25, -0.2) is 0 Å². The number of para-hydroxylation sites is 1. The maximum atomic E-state index is 13.2. The number of nitrogens with zero attached hydrogens (tertiary/aromatic N) is 1. The third kappa shape index (κ3) is 4.39. The number of aliphatic hydroxyl groups is 1. The molecule has 2 aromatic rings. The summed E-state index contributed by atoms with van der Waals surface area (Å²) >= 11 is 0. The summed E-state index contributed by atoms with van der Waals surface area (Å²) in [6, 6.07) is 11.4. The molecule has 0 saturated carbocycles. The van der Waals surface area contributed by atoms with Crippen LogP contribution in [0.4, 0.5) is 0 Å². The Morgan fingerprint density at radius 1 is 1.12 bits per heavy atom. The molecule has 0 aliphatic carbocycles. The van der Waals surface area contributed by atoms with E-state index in [1.807, 2.05) is 25.1 Å². The molecule has 0 bridgehead atoms. The Hall–Kier alpha value is -3.52. The molecule has 2 heterocycles. The second kappa shape index (κ2) is 9.95. The van der Waals surface area contributed by atoms with Crippen LogP contribution in [0.15, 0.2) is 48.0 Å². The van der Waals surface area contributed by atoms with Gasteiger partial charge < -0.3 is 29.0 Å². The number of aliphatic hydroxyl groups excluding tert-OH is 1. The number of benzene rings is 2. The van der Waals surface area contributed by atoms with E-state index in [9.17, 15) is 14.7 Å². The summed E-state index contributed by atoms with van der Waals surface area (Å²) in [6.45, 7) is 3.85. The maximum absolute atomic E-state index is 13.2. The summed E-state index contributed by atoms with van der Waals surface area (Å²) in [5.41, 5.74) is 1.02. The first-order valence-corrected chi connectivity index (χ1v) is 11.0. The molecule has 4 rings (SSSR count). The fourth-order valence-electron chi connectivity index (χ4n) is 4.15. The van der Waals surface area contributed by atoms with E-state index in [2.05, 4.69) is 0 Å². The van der Waals surface area contributed by atoms with Crippen molar-refractivity contribution in [3.05, 3.63) is 59.2 Å². The number of hydrogen-bond donors (Lipinski definition) is 1. The van der Waals surface area contributed by atoms with Gasteiger partial charge in [0.25, 0.3) is 11.7 Å². The number of methoxy groups -OCH3 is 1. The van der Waals surface area contributed by atoms with E-state index in [1.165, 1.54) is 4.90 Å². The predicted molar refractivity (Wildman–Crippen MR) is 121 cm³/mol.